The fourth-order valence-corrected chi connectivity index (χ4v) is 4.16. The summed E-state index contributed by atoms with van der Waals surface area (Å²) in [5, 5.41) is 9.91. The zero-order chi connectivity index (χ0) is 20.9. The summed E-state index contributed by atoms with van der Waals surface area (Å²) in [6.07, 6.45) is 1.28. The highest BCUT2D eigenvalue weighted by Crippen LogP contribution is 2.29. The van der Waals surface area contributed by atoms with Crippen LogP contribution in [0.5, 0.6) is 5.75 Å². The minimum absolute atomic E-state index is 0.0483. The van der Waals surface area contributed by atoms with E-state index in [0.717, 1.165) is 10.0 Å². The Labute approximate surface area is 183 Å². The van der Waals surface area contributed by atoms with Crippen molar-refractivity contribution in [3.63, 3.8) is 0 Å². The summed E-state index contributed by atoms with van der Waals surface area (Å²) in [7, 11) is -3.95. The lowest BCUT2D eigenvalue weighted by atomic mass is 10.2. The molecule has 0 N–H and O–H groups in total. The van der Waals surface area contributed by atoms with Gasteiger partial charge in [0.1, 0.15) is 23.3 Å². The molecule has 3 aromatic rings. The third-order valence-electron chi connectivity index (χ3n) is 4.02. The molecule has 7 heteroatoms. The minimum atomic E-state index is -3.95. The molecule has 0 saturated carbocycles. The van der Waals surface area contributed by atoms with Crippen LogP contribution in [0.3, 0.4) is 0 Å². The molecule has 0 aliphatic heterocycles. The number of halogens is 2. The van der Waals surface area contributed by atoms with Crippen molar-refractivity contribution < 1.29 is 13.2 Å². The van der Waals surface area contributed by atoms with E-state index in [0.29, 0.717) is 16.3 Å². The highest BCUT2D eigenvalue weighted by atomic mass is 79.9. The fourth-order valence-electron chi connectivity index (χ4n) is 2.54. The SMILES string of the molecule is N#C/C(=C\c1cc(Cl)ccc1OCc1ccc(Br)cc1)S(=O)(=O)c1ccccc1. The lowest BCUT2D eigenvalue weighted by Crippen LogP contribution is -2.04. The molecule has 4 nitrogen and oxygen atoms in total. The number of rotatable bonds is 6. The van der Waals surface area contributed by atoms with Gasteiger partial charge >= 0.3 is 0 Å². The average molecular weight is 489 g/mol. The van der Waals surface area contributed by atoms with Gasteiger partial charge in [0.2, 0.25) is 9.84 Å². The van der Waals surface area contributed by atoms with E-state index in [1.165, 1.54) is 18.2 Å². The molecule has 0 aliphatic rings. The second-order valence-corrected chi connectivity index (χ2v) is 9.30. The van der Waals surface area contributed by atoms with Crippen molar-refractivity contribution >= 4 is 43.4 Å². The van der Waals surface area contributed by atoms with Gasteiger partial charge in [0.05, 0.1) is 4.90 Å². The van der Waals surface area contributed by atoms with Gasteiger partial charge in [-0.15, -0.1) is 0 Å². The van der Waals surface area contributed by atoms with Gasteiger partial charge in [-0.1, -0.05) is 57.9 Å². The van der Waals surface area contributed by atoms with Crippen LogP contribution in [0.15, 0.2) is 87.1 Å². The van der Waals surface area contributed by atoms with Gasteiger partial charge in [0.15, 0.2) is 0 Å². The van der Waals surface area contributed by atoms with E-state index >= 15 is 0 Å². The highest BCUT2D eigenvalue weighted by molar-refractivity contribution is 9.10. The maximum Gasteiger partial charge on any atom is 0.216 e. The van der Waals surface area contributed by atoms with Gasteiger partial charge in [-0.25, -0.2) is 8.42 Å². The first-order valence-electron chi connectivity index (χ1n) is 8.49. The topological polar surface area (TPSA) is 67.2 Å². The summed E-state index contributed by atoms with van der Waals surface area (Å²) in [6.45, 7) is 0.281. The van der Waals surface area contributed by atoms with Crippen LogP contribution in [0.25, 0.3) is 6.08 Å². The number of nitriles is 1. The second kappa shape index (κ2) is 9.27. The third-order valence-corrected chi connectivity index (χ3v) is 6.46. The molecule has 0 bridgehead atoms. The number of hydrogen-bond donors (Lipinski definition) is 0. The summed E-state index contributed by atoms with van der Waals surface area (Å²) in [6, 6.07) is 22.1. The Morgan fingerprint density at radius 1 is 1.07 bits per heavy atom. The monoisotopic (exact) mass is 487 g/mol. The number of sulfone groups is 1. The first-order chi connectivity index (χ1) is 13.9. The minimum Gasteiger partial charge on any atom is -0.488 e. The van der Waals surface area contributed by atoms with Crippen molar-refractivity contribution in [2.75, 3.05) is 0 Å². The van der Waals surface area contributed by atoms with Crippen molar-refractivity contribution in [2.45, 2.75) is 11.5 Å². The molecular weight excluding hydrogens is 474 g/mol. The molecule has 3 rings (SSSR count). The summed E-state index contributed by atoms with van der Waals surface area (Å²) in [4.78, 5) is -0.341. The molecule has 3 aromatic carbocycles. The zero-order valence-corrected chi connectivity index (χ0v) is 18.2. The molecule has 0 unspecified atom stereocenters. The van der Waals surface area contributed by atoms with E-state index in [-0.39, 0.29) is 16.4 Å². The van der Waals surface area contributed by atoms with Gasteiger partial charge in [0, 0.05) is 15.1 Å². The molecular formula is C22H15BrClNO3S. The van der Waals surface area contributed by atoms with Crippen LogP contribution in [-0.4, -0.2) is 8.42 Å². The van der Waals surface area contributed by atoms with E-state index in [9.17, 15) is 13.7 Å². The molecule has 0 radical (unpaired) electrons. The molecule has 0 spiro atoms. The Hall–Kier alpha value is -2.59. The third kappa shape index (κ3) is 5.27. The molecule has 0 aromatic heterocycles. The van der Waals surface area contributed by atoms with Gasteiger partial charge in [-0.3, -0.25) is 0 Å². The predicted octanol–water partition coefficient (Wildman–Crippen LogP) is 6.02. The maximum atomic E-state index is 12.8. The Morgan fingerprint density at radius 2 is 1.76 bits per heavy atom. The lowest BCUT2D eigenvalue weighted by molar-refractivity contribution is 0.305. The predicted molar refractivity (Wildman–Crippen MR) is 117 cm³/mol. The Balaban J connectivity index is 1.95. The van der Waals surface area contributed by atoms with Crippen LogP contribution in [0.1, 0.15) is 11.1 Å². The van der Waals surface area contributed by atoms with Crippen LogP contribution in [0, 0.1) is 11.3 Å². The van der Waals surface area contributed by atoms with Crippen molar-refractivity contribution in [3.8, 4) is 11.8 Å². The number of benzene rings is 3. The van der Waals surface area contributed by atoms with E-state index in [4.69, 9.17) is 16.3 Å². The van der Waals surface area contributed by atoms with E-state index in [1.54, 1.807) is 42.5 Å². The van der Waals surface area contributed by atoms with Crippen LogP contribution < -0.4 is 4.74 Å². The standard InChI is InChI=1S/C22H15BrClNO3S/c23-18-8-6-16(7-9-18)15-28-22-11-10-19(24)12-17(22)13-21(14-25)29(26,27)20-4-2-1-3-5-20/h1-13H,15H2/b21-13+. The molecule has 0 saturated heterocycles. The van der Waals surface area contributed by atoms with Gasteiger partial charge in [-0.05, 0) is 54.1 Å². The van der Waals surface area contributed by atoms with Crippen LogP contribution in [-0.2, 0) is 16.4 Å². The molecule has 0 fully saturated rings. The number of hydrogen-bond acceptors (Lipinski definition) is 4. The first-order valence-corrected chi connectivity index (χ1v) is 11.1. The van der Waals surface area contributed by atoms with Crippen LogP contribution in [0.2, 0.25) is 5.02 Å². The zero-order valence-electron chi connectivity index (χ0n) is 15.0. The Bertz CT molecular complexity index is 1180. The van der Waals surface area contributed by atoms with E-state index in [2.05, 4.69) is 15.9 Å². The largest absolute Gasteiger partial charge is 0.488 e. The molecule has 0 aliphatic carbocycles. The van der Waals surface area contributed by atoms with Crippen molar-refractivity contribution in [2.24, 2.45) is 0 Å². The number of nitrogens with zero attached hydrogens (tertiary/aromatic N) is 1. The van der Waals surface area contributed by atoms with Gasteiger partial charge < -0.3 is 4.74 Å². The summed E-state index contributed by atoms with van der Waals surface area (Å²) >= 11 is 9.47. The van der Waals surface area contributed by atoms with Gasteiger partial charge in [-0.2, -0.15) is 5.26 Å². The number of allylic oxidation sites excluding steroid dienone is 1. The van der Waals surface area contributed by atoms with Crippen LogP contribution in [0.4, 0.5) is 0 Å². The highest BCUT2D eigenvalue weighted by Gasteiger charge is 2.21. The Morgan fingerprint density at radius 3 is 2.41 bits per heavy atom. The molecule has 0 amide bonds. The van der Waals surface area contributed by atoms with Crippen molar-refractivity contribution in [1.82, 2.24) is 0 Å². The smallest absolute Gasteiger partial charge is 0.216 e. The van der Waals surface area contributed by atoms with E-state index < -0.39 is 9.84 Å². The molecule has 146 valence electrons. The summed E-state index contributed by atoms with van der Waals surface area (Å²) in [5.74, 6) is 0.424. The molecule has 29 heavy (non-hydrogen) atoms. The number of ether oxygens (including phenoxy) is 1. The van der Waals surface area contributed by atoms with Crippen LogP contribution >= 0.6 is 27.5 Å². The van der Waals surface area contributed by atoms with Crippen molar-refractivity contribution in [1.29, 1.82) is 5.26 Å². The maximum absolute atomic E-state index is 12.8. The molecule has 0 heterocycles. The quantitative estimate of drug-likeness (QED) is 0.398. The van der Waals surface area contributed by atoms with E-state index in [1.807, 2.05) is 24.3 Å². The first kappa shape index (κ1) is 21.1. The normalized spacial score (nSPS) is 11.7. The van der Waals surface area contributed by atoms with Gasteiger partial charge in [0.25, 0.3) is 0 Å². The summed E-state index contributed by atoms with van der Waals surface area (Å²) in [5.41, 5.74) is 1.35. The molecule has 0 atom stereocenters. The lowest BCUT2D eigenvalue weighted by Gasteiger charge is -2.11. The fraction of sp³-hybridized carbons (Fsp3) is 0.0455. The Kier molecular flexibility index (Phi) is 6.75. The van der Waals surface area contributed by atoms with Crippen molar-refractivity contribution in [3.05, 3.63) is 98.3 Å². The average Bonchev–Trinajstić information content (AvgIpc) is 2.73. The summed E-state index contributed by atoms with van der Waals surface area (Å²) < 4.78 is 32.4. The second-order valence-electron chi connectivity index (χ2n) is 6.03.